The van der Waals surface area contributed by atoms with Crippen molar-refractivity contribution in [3.63, 3.8) is 0 Å². The third kappa shape index (κ3) is 7.59. The molecule has 1 aromatic carbocycles. The van der Waals surface area contributed by atoms with Crippen LogP contribution in [0.2, 0.25) is 14.8 Å². The van der Waals surface area contributed by atoms with Gasteiger partial charge in [-0.2, -0.15) is 0 Å². The van der Waals surface area contributed by atoms with Crippen LogP contribution in [0.25, 0.3) is 41.1 Å². The number of hydrogen-bond donors (Lipinski definition) is 1. The average molecular weight is 757 g/mol. The summed E-state index contributed by atoms with van der Waals surface area (Å²) in [4.78, 5) is 13.6. The summed E-state index contributed by atoms with van der Waals surface area (Å²) in [7, 11) is 0. The number of nitrogens with two attached hydrogens (primary N) is 1. The molecular formula is C37H51NS4Sn. The van der Waals surface area contributed by atoms with Gasteiger partial charge in [0, 0.05) is 0 Å². The van der Waals surface area contributed by atoms with Gasteiger partial charge in [0.05, 0.1) is 0 Å². The van der Waals surface area contributed by atoms with E-state index in [4.69, 9.17) is 5.73 Å². The number of unbranched alkanes of at least 4 members (excludes halogenated alkanes) is 2. The van der Waals surface area contributed by atoms with Crippen molar-refractivity contribution < 1.29 is 0 Å². The number of hydrogen-bond acceptors (Lipinski definition) is 5. The van der Waals surface area contributed by atoms with E-state index < -0.39 is 18.4 Å². The molecule has 0 spiro atoms. The van der Waals surface area contributed by atoms with Gasteiger partial charge in [0.15, 0.2) is 0 Å². The van der Waals surface area contributed by atoms with Gasteiger partial charge < -0.3 is 0 Å². The fraction of sp³-hybridized carbons (Fsp3) is 0.514. The first-order valence-corrected chi connectivity index (χ1v) is 29.9. The first kappa shape index (κ1) is 33.5. The number of rotatable bonds is 15. The minimum atomic E-state index is -2.31. The summed E-state index contributed by atoms with van der Waals surface area (Å²) in [6.07, 6.45) is 12.9. The molecule has 232 valence electrons. The van der Waals surface area contributed by atoms with Gasteiger partial charge in [-0.3, -0.25) is 0 Å². The molecule has 4 aromatic heterocycles. The molecule has 4 heterocycles. The van der Waals surface area contributed by atoms with Crippen LogP contribution >= 0.6 is 45.3 Å². The van der Waals surface area contributed by atoms with Crippen LogP contribution in [0.4, 0.5) is 5.00 Å². The molecule has 0 amide bonds. The average Bonchev–Trinajstić information content (AvgIpc) is 3.78. The molecule has 0 aliphatic rings. The van der Waals surface area contributed by atoms with Gasteiger partial charge in [0.25, 0.3) is 0 Å². The number of fused-ring (bicyclic) bond motifs is 2. The molecule has 0 fully saturated rings. The van der Waals surface area contributed by atoms with Crippen molar-refractivity contribution in [2.45, 2.75) is 107 Å². The van der Waals surface area contributed by atoms with Crippen LogP contribution in [0.3, 0.4) is 0 Å². The second-order valence-electron chi connectivity index (χ2n) is 13.5. The van der Waals surface area contributed by atoms with Gasteiger partial charge in [-0.05, 0) is 0 Å². The van der Waals surface area contributed by atoms with E-state index in [-0.39, 0.29) is 0 Å². The van der Waals surface area contributed by atoms with E-state index in [0.29, 0.717) is 0 Å². The Labute approximate surface area is 280 Å². The molecule has 0 aliphatic heterocycles. The summed E-state index contributed by atoms with van der Waals surface area (Å²) < 4.78 is 4.53. The SMILES string of the molecule is CCCCC(CC)Cc1ccc(-c2c3c[c]([Sn]([CH3])([CH3])[CH3])sc3c(-c3ccc(CC(CC)CCCC)s3)c3cc(N)sc23)s1. The minimum absolute atomic E-state index is 0.788. The number of nitrogen functional groups attached to an aromatic ring is 1. The van der Waals surface area contributed by atoms with Crippen LogP contribution in [-0.2, 0) is 12.8 Å². The van der Waals surface area contributed by atoms with Crippen molar-refractivity contribution in [3.8, 4) is 20.9 Å². The van der Waals surface area contributed by atoms with E-state index in [0.717, 1.165) is 16.8 Å². The summed E-state index contributed by atoms with van der Waals surface area (Å²) in [5.41, 5.74) is 9.50. The van der Waals surface area contributed by atoms with E-state index >= 15 is 0 Å². The Bertz CT molecular complexity index is 1530. The fourth-order valence-electron chi connectivity index (χ4n) is 6.35. The van der Waals surface area contributed by atoms with Crippen molar-refractivity contribution >= 4 is 91.8 Å². The van der Waals surface area contributed by atoms with E-state index in [9.17, 15) is 0 Å². The first-order chi connectivity index (χ1) is 20.7. The molecule has 0 saturated heterocycles. The Balaban J connectivity index is 1.64. The van der Waals surface area contributed by atoms with Crippen molar-refractivity contribution in [2.24, 2.45) is 11.8 Å². The van der Waals surface area contributed by atoms with Gasteiger partial charge in [-0.15, -0.1) is 0 Å². The molecule has 2 N–H and O–H groups in total. The summed E-state index contributed by atoms with van der Waals surface area (Å²) in [6, 6.07) is 14.5. The van der Waals surface area contributed by atoms with E-state index in [1.54, 1.807) is 14.2 Å². The van der Waals surface area contributed by atoms with E-state index in [1.165, 1.54) is 115 Å². The zero-order valence-electron chi connectivity index (χ0n) is 27.4. The molecular weight excluding hydrogens is 705 g/mol. The second kappa shape index (κ2) is 14.7. The quantitative estimate of drug-likeness (QED) is 0.106. The van der Waals surface area contributed by atoms with Crippen LogP contribution < -0.4 is 8.63 Å². The van der Waals surface area contributed by atoms with Gasteiger partial charge in [-0.1, -0.05) is 13.8 Å². The molecule has 0 bridgehead atoms. The van der Waals surface area contributed by atoms with Gasteiger partial charge >= 0.3 is 269 Å². The van der Waals surface area contributed by atoms with Crippen molar-refractivity contribution in [2.75, 3.05) is 5.73 Å². The predicted molar refractivity (Wildman–Crippen MR) is 205 cm³/mol. The zero-order chi connectivity index (χ0) is 30.7. The normalized spacial score (nSPS) is 13.8. The standard InChI is InChI=1S/C34H42NS4.3CH3.Sn/c1-5-9-11-22(7-3)19-24-13-15-28(37-24)31-26-17-18-36-33(26)32(27-21-30(35)39-34(27)31)29-16-14-25(38-29)20-23(8-4)12-10-6-2;;;;/h13-17,21-23H,5-12,19-20,35H2,1-4H3;3*1H3;. The predicted octanol–water partition coefficient (Wildman–Crippen LogP) is 13.2. The van der Waals surface area contributed by atoms with Gasteiger partial charge in [-0.25, -0.2) is 0 Å². The van der Waals surface area contributed by atoms with Crippen LogP contribution in [0.15, 0.2) is 36.4 Å². The number of thiophene rings is 4. The van der Waals surface area contributed by atoms with Crippen molar-refractivity contribution in [3.05, 3.63) is 46.2 Å². The topological polar surface area (TPSA) is 26.0 Å². The van der Waals surface area contributed by atoms with Crippen LogP contribution in [0.1, 0.15) is 88.8 Å². The van der Waals surface area contributed by atoms with Crippen LogP contribution in [0, 0.1) is 11.8 Å². The second-order valence-corrected chi connectivity index (χ2v) is 33.4. The van der Waals surface area contributed by atoms with Gasteiger partial charge in [0.1, 0.15) is 0 Å². The summed E-state index contributed by atoms with van der Waals surface area (Å²) in [6.45, 7) is 9.35. The zero-order valence-corrected chi connectivity index (χ0v) is 33.5. The maximum absolute atomic E-state index is 6.63. The Morgan fingerprint density at radius 1 is 0.651 bits per heavy atom. The van der Waals surface area contributed by atoms with Crippen LogP contribution in [0.5, 0.6) is 0 Å². The molecule has 6 heteroatoms. The molecule has 43 heavy (non-hydrogen) atoms. The summed E-state index contributed by atoms with van der Waals surface area (Å²) >= 11 is 5.64. The van der Waals surface area contributed by atoms with Crippen molar-refractivity contribution in [1.82, 2.24) is 0 Å². The molecule has 2 unspecified atom stereocenters. The molecule has 0 saturated carbocycles. The molecule has 1 nitrogen and oxygen atoms in total. The molecule has 0 radical (unpaired) electrons. The Kier molecular flexibility index (Phi) is 11.5. The molecule has 2 atom stereocenters. The summed E-state index contributed by atoms with van der Waals surface area (Å²) in [5.74, 6) is 1.58. The third-order valence-electron chi connectivity index (χ3n) is 9.10. The summed E-state index contributed by atoms with van der Waals surface area (Å²) in [5, 5.41) is 3.75. The first-order valence-electron chi connectivity index (χ1n) is 16.6. The van der Waals surface area contributed by atoms with Crippen molar-refractivity contribution in [1.29, 1.82) is 0 Å². The third-order valence-corrected chi connectivity index (χ3v) is 22.9. The maximum atomic E-state index is 6.63. The fourth-order valence-corrected chi connectivity index (χ4v) is 16.3. The van der Waals surface area contributed by atoms with E-state index in [2.05, 4.69) is 90.2 Å². The Morgan fingerprint density at radius 3 is 1.60 bits per heavy atom. The molecule has 5 aromatic rings. The van der Waals surface area contributed by atoms with Gasteiger partial charge in [0.2, 0.25) is 0 Å². The molecule has 0 aliphatic carbocycles. The number of benzene rings is 1. The van der Waals surface area contributed by atoms with Crippen LogP contribution in [-0.4, -0.2) is 18.4 Å². The Morgan fingerprint density at radius 2 is 1.14 bits per heavy atom. The Hall–Kier alpha value is -0.861. The van der Waals surface area contributed by atoms with E-state index in [1.807, 2.05) is 22.7 Å². The number of anilines is 1. The molecule has 5 rings (SSSR count). The monoisotopic (exact) mass is 757 g/mol.